The van der Waals surface area contributed by atoms with Crippen LogP contribution in [-0.2, 0) is 0 Å². The zero-order valence-corrected chi connectivity index (χ0v) is 11.6. The van der Waals surface area contributed by atoms with Gasteiger partial charge in [0.2, 0.25) is 0 Å². The van der Waals surface area contributed by atoms with Gasteiger partial charge in [0.25, 0.3) is 0 Å². The van der Waals surface area contributed by atoms with Crippen molar-refractivity contribution in [3.05, 3.63) is 29.8 Å². The summed E-state index contributed by atoms with van der Waals surface area (Å²) >= 11 is 0. The standard InChI is InChI=1S/C17H22O2/c1-2-14-5-3-7-17(13-14)19-16-10-8-15(9-11-16)6-4-12-18/h8-11,14,17-18H,2-3,5,7,12-13H2,1H3. The molecule has 0 amide bonds. The lowest BCUT2D eigenvalue weighted by Gasteiger charge is -2.28. The summed E-state index contributed by atoms with van der Waals surface area (Å²) in [6.07, 6.45) is 6.61. The highest BCUT2D eigenvalue weighted by atomic mass is 16.5. The normalized spacial score (nSPS) is 22.4. The van der Waals surface area contributed by atoms with Gasteiger partial charge in [-0.3, -0.25) is 0 Å². The van der Waals surface area contributed by atoms with Crippen molar-refractivity contribution in [2.75, 3.05) is 6.61 Å². The van der Waals surface area contributed by atoms with Crippen molar-refractivity contribution >= 4 is 0 Å². The van der Waals surface area contributed by atoms with E-state index in [4.69, 9.17) is 9.84 Å². The second kappa shape index (κ2) is 7.21. The Labute approximate surface area is 115 Å². The van der Waals surface area contributed by atoms with Gasteiger partial charge in [0.1, 0.15) is 12.4 Å². The minimum absolute atomic E-state index is 0.0985. The molecule has 0 radical (unpaired) electrons. The highest BCUT2D eigenvalue weighted by Gasteiger charge is 2.21. The Bertz CT molecular complexity index is 439. The molecule has 2 unspecified atom stereocenters. The van der Waals surface area contributed by atoms with Gasteiger partial charge in [-0.1, -0.05) is 31.6 Å². The van der Waals surface area contributed by atoms with Crippen molar-refractivity contribution in [2.24, 2.45) is 5.92 Å². The lowest BCUT2D eigenvalue weighted by molar-refractivity contribution is 0.122. The van der Waals surface area contributed by atoms with Gasteiger partial charge < -0.3 is 9.84 Å². The minimum Gasteiger partial charge on any atom is -0.490 e. The van der Waals surface area contributed by atoms with Crippen molar-refractivity contribution in [1.82, 2.24) is 0 Å². The average Bonchev–Trinajstić information content (AvgIpc) is 2.47. The molecule has 102 valence electrons. The molecule has 19 heavy (non-hydrogen) atoms. The maximum Gasteiger partial charge on any atom is 0.119 e. The number of rotatable bonds is 3. The largest absolute Gasteiger partial charge is 0.490 e. The van der Waals surface area contributed by atoms with Gasteiger partial charge in [0, 0.05) is 5.56 Å². The Hall–Kier alpha value is -1.46. The van der Waals surface area contributed by atoms with E-state index >= 15 is 0 Å². The third kappa shape index (κ3) is 4.29. The van der Waals surface area contributed by atoms with Gasteiger partial charge in [0.15, 0.2) is 0 Å². The van der Waals surface area contributed by atoms with Crippen LogP contribution in [0.2, 0.25) is 0 Å². The lowest BCUT2D eigenvalue weighted by Crippen LogP contribution is -2.25. The molecule has 0 heterocycles. The first kappa shape index (κ1) is 14.0. The Morgan fingerprint density at radius 3 is 2.74 bits per heavy atom. The molecule has 0 aromatic heterocycles. The maximum absolute atomic E-state index is 8.65. The number of ether oxygens (including phenoxy) is 1. The molecule has 1 aromatic rings. The van der Waals surface area contributed by atoms with Gasteiger partial charge in [-0.25, -0.2) is 0 Å². The van der Waals surface area contributed by atoms with Crippen LogP contribution in [0.15, 0.2) is 24.3 Å². The lowest BCUT2D eigenvalue weighted by atomic mass is 9.85. The number of hydrogen-bond acceptors (Lipinski definition) is 2. The second-order valence-electron chi connectivity index (χ2n) is 5.17. The number of benzene rings is 1. The summed E-state index contributed by atoms with van der Waals surface area (Å²) in [6.45, 7) is 2.17. The van der Waals surface area contributed by atoms with Crippen molar-refractivity contribution in [3.63, 3.8) is 0 Å². The number of aliphatic hydroxyl groups is 1. The SMILES string of the molecule is CCC1CCCC(Oc2ccc(C#CCO)cc2)C1. The Kier molecular flexibility index (Phi) is 5.30. The second-order valence-corrected chi connectivity index (χ2v) is 5.17. The molecule has 0 spiro atoms. The summed E-state index contributed by atoms with van der Waals surface area (Å²) < 4.78 is 6.05. The summed E-state index contributed by atoms with van der Waals surface area (Å²) in [4.78, 5) is 0. The van der Waals surface area contributed by atoms with E-state index in [1.807, 2.05) is 24.3 Å². The molecule has 1 N–H and O–H groups in total. The van der Waals surface area contributed by atoms with Crippen LogP contribution in [0.4, 0.5) is 0 Å². The molecule has 1 aromatic carbocycles. The van der Waals surface area contributed by atoms with Crippen LogP contribution in [-0.4, -0.2) is 17.8 Å². The van der Waals surface area contributed by atoms with Crippen molar-refractivity contribution in [2.45, 2.75) is 45.1 Å². The molecule has 2 atom stereocenters. The van der Waals surface area contributed by atoms with Crippen molar-refractivity contribution < 1.29 is 9.84 Å². The minimum atomic E-state index is -0.0985. The van der Waals surface area contributed by atoms with Crippen LogP contribution in [0, 0.1) is 17.8 Å². The van der Waals surface area contributed by atoms with E-state index in [-0.39, 0.29) is 6.61 Å². The van der Waals surface area contributed by atoms with E-state index in [1.54, 1.807) is 0 Å². The molecule has 0 aliphatic heterocycles. The third-order valence-electron chi connectivity index (χ3n) is 3.78. The van der Waals surface area contributed by atoms with Crippen LogP contribution in [0.5, 0.6) is 5.75 Å². The molecule has 0 saturated heterocycles. The number of aliphatic hydroxyl groups excluding tert-OH is 1. The van der Waals surface area contributed by atoms with Crippen LogP contribution in [0.1, 0.15) is 44.6 Å². The van der Waals surface area contributed by atoms with E-state index in [0.29, 0.717) is 6.10 Å². The fraction of sp³-hybridized carbons (Fsp3) is 0.529. The van der Waals surface area contributed by atoms with E-state index in [2.05, 4.69) is 18.8 Å². The molecule has 2 rings (SSSR count). The van der Waals surface area contributed by atoms with Crippen LogP contribution >= 0.6 is 0 Å². The predicted octanol–water partition coefficient (Wildman–Crippen LogP) is 3.38. The first-order valence-corrected chi connectivity index (χ1v) is 7.18. The molecule has 1 fully saturated rings. The summed E-state index contributed by atoms with van der Waals surface area (Å²) in [5, 5.41) is 8.65. The molecule has 0 bridgehead atoms. The van der Waals surface area contributed by atoms with Gasteiger partial charge in [-0.15, -0.1) is 0 Å². The average molecular weight is 258 g/mol. The van der Waals surface area contributed by atoms with Crippen molar-refractivity contribution in [1.29, 1.82) is 0 Å². The molecule has 1 saturated carbocycles. The van der Waals surface area contributed by atoms with Crippen LogP contribution < -0.4 is 4.74 Å². The maximum atomic E-state index is 8.65. The zero-order valence-electron chi connectivity index (χ0n) is 11.6. The first-order valence-electron chi connectivity index (χ1n) is 7.18. The molecule has 2 heteroatoms. The molecular formula is C17H22O2. The number of hydrogen-bond donors (Lipinski definition) is 1. The van der Waals surface area contributed by atoms with Gasteiger partial charge >= 0.3 is 0 Å². The monoisotopic (exact) mass is 258 g/mol. The summed E-state index contributed by atoms with van der Waals surface area (Å²) in [5.41, 5.74) is 0.913. The van der Waals surface area contributed by atoms with Gasteiger partial charge in [0.05, 0.1) is 6.10 Å². The summed E-state index contributed by atoms with van der Waals surface area (Å²) in [7, 11) is 0. The van der Waals surface area contributed by atoms with Crippen LogP contribution in [0.3, 0.4) is 0 Å². The van der Waals surface area contributed by atoms with E-state index in [1.165, 1.54) is 32.1 Å². The van der Waals surface area contributed by atoms with E-state index < -0.39 is 0 Å². The third-order valence-corrected chi connectivity index (χ3v) is 3.78. The fourth-order valence-corrected chi connectivity index (χ4v) is 2.67. The predicted molar refractivity (Wildman–Crippen MR) is 77.1 cm³/mol. The Balaban J connectivity index is 1.92. The molecular weight excluding hydrogens is 236 g/mol. The molecule has 2 nitrogen and oxygen atoms in total. The van der Waals surface area contributed by atoms with E-state index in [9.17, 15) is 0 Å². The summed E-state index contributed by atoms with van der Waals surface area (Å²) in [5.74, 6) is 7.28. The zero-order chi connectivity index (χ0) is 13.5. The van der Waals surface area contributed by atoms with Gasteiger partial charge in [-0.05, 0) is 49.4 Å². The molecule has 1 aliphatic carbocycles. The Morgan fingerprint density at radius 1 is 1.26 bits per heavy atom. The van der Waals surface area contributed by atoms with Crippen molar-refractivity contribution in [3.8, 4) is 17.6 Å². The first-order chi connectivity index (χ1) is 9.31. The fourth-order valence-electron chi connectivity index (χ4n) is 2.67. The van der Waals surface area contributed by atoms with E-state index in [0.717, 1.165) is 17.2 Å². The topological polar surface area (TPSA) is 29.5 Å². The summed E-state index contributed by atoms with van der Waals surface area (Å²) in [6, 6.07) is 7.82. The Morgan fingerprint density at radius 2 is 2.05 bits per heavy atom. The van der Waals surface area contributed by atoms with Gasteiger partial charge in [-0.2, -0.15) is 0 Å². The molecule has 1 aliphatic rings. The van der Waals surface area contributed by atoms with Crippen LogP contribution in [0.25, 0.3) is 0 Å². The quantitative estimate of drug-likeness (QED) is 0.842. The highest BCUT2D eigenvalue weighted by Crippen LogP contribution is 2.29. The highest BCUT2D eigenvalue weighted by molar-refractivity contribution is 5.38. The smallest absolute Gasteiger partial charge is 0.119 e.